The maximum atomic E-state index is 13.0. The van der Waals surface area contributed by atoms with Crippen molar-refractivity contribution in [3.05, 3.63) is 54.2 Å². The average molecular weight is 356 g/mol. The highest BCUT2D eigenvalue weighted by Crippen LogP contribution is 2.29. The van der Waals surface area contributed by atoms with Gasteiger partial charge in [0.2, 0.25) is 0 Å². The van der Waals surface area contributed by atoms with Gasteiger partial charge in [-0.15, -0.1) is 0 Å². The van der Waals surface area contributed by atoms with E-state index in [1.807, 2.05) is 47.4 Å². The van der Waals surface area contributed by atoms with Crippen LogP contribution in [0.1, 0.15) is 24.2 Å². The van der Waals surface area contributed by atoms with Crippen molar-refractivity contribution in [3.63, 3.8) is 0 Å². The molecule has 1 aliphatic heterocycles. The number of hydrogen-bond donors (Lipinski definition) is 0. The lowest BCUT2D eigenvalue weighted by Gasteiger charge is -2.35. The molecule has 2 heterocycles. The highest BCUT2D eigenvalue weighted by atomic mass is 32.2. The van der Waals surface area contributed by atoms with Gasteiger partial charge in [-0.25, -0.2) is 4.98 Å². The van der Waals surface area contributed by atoms with Gasteiger partial charge >= 0.3 is 0 Å². The number of rotatable bonds is 5. The fourth-order valence-electron chi connectivity index (χ4n) is 3.06. The molecule has 1 saturated heterocycles. The Morgan fingerprint density at radius 2 is 1.80 bits per heavy atom. The number of aromatic nitrogens is 1. The predicted molar refractivity (Wildman–Crippen MR) is 102 cm³/mol. The Kier molecular flexibility index (Phi) is 6.10. The lowest BCUT2D eigenvalue weighted by molar-refractivity contribution is 0.0619. The van der Waals surface area contributed by atoms with Crippen molar-refractivity contribution in [2.24, 2.45) is 5.92 Å². The molecule has 0 unspecified atom stereocenters. The zero-order valence-corrected chi connectivity index (χ0v) is 15.7. The molecule has 4 nitrogen and oxygen atoms in total. The summed E-state index contributed by atoms with van der Waals surface area (Å²) in [6.07, 6.45) is 1.75. The van der Waals surface area contributed by atoms with Gasteiger partial charge in [0, 0.05) is 43.8 Å². The van der Waals surface area contributed by atoms with E-state index in [-0.39, 0.29) is 5.91 Å². The molecule has 1 fully saturated rings. The lowest BCUT2D eigenvalue weighted by atomic mass is 10.1. The summed E-state index contributed by atoms with van der Waals surface area (Å²) in [5.74, 6) is 0.755. The Hall–Kier alpha value is -1.85. The van der Waals surface area contributed by atoms with E-state index in [1.54, 1.807) is 18.0 Å². The quantitative estimate of drug-likeness (QED) is 0.820. The first kappa shape index (κ1) is 18.0. The summed E-state index contributed by atoms with van der Waals surface area (Å²) < 4.78 is 0. The fraction of sp³-hybridized carbons (Fsp3) is 0.400. The van der Waals surface area contributed by atoms with E-state index >= 15 is 0 Å². The summed E-state index contributed by atoms with van der Waals surface area (Å²) >= 11 is 1.55. The van der Waals surface area contributed by atoms with Gasteiger partial charge in [-0.2, -0.15) is 0 Å². The second-order valence-corrected chi connectivity index (χ2v) is 7.82. The van der Waals surface area contributed by atoms with Gasteiger partial charge in [0.15, 0.2) is 0 Å². The third-order valence-corrected chi connectivity index (χ3v) is 5.27. The lowest BCUT2D eigenvalue weighted by Crippen LogP contribution is -2.49. The molecular weight excluding hydrogens is 330 g/mol. The van der Waals surface area contributed by atoms with E-state index in [2.05, 4.69) is 23.7 Å². The highest BCUT2D eigenvalue weighted by Gasteiger charge is 2.24. The van der Waals surface area contributed by atoms with Crippen LogP contribution in [0.3, 0.4) is 0 Å². The van der Waals surface area contributed by atoms with Gasteiger partial charge < -0.3 is 4.90 Å². The molecule has 1 amide bonds. The van der Waals surface area contributed by atoms with Crippen LogP contribution >= 0.6 is 11.8 Å². The number of amides is 1. The van der Waals surface area contributed by atoms with Crippen LogP contribution in [-0.2, 0) is 0 Å². The van der Waals surface area contributed by atoms with Crippen LogP contribution in [-0.4, -0.2) is 53.4 Å². The van der Waals surface area contributed by atoms with Crippen LogP contribution in [0.15, 0.2) is 58.6 Å². The van der Waals surface area contributed by atoms with E-state index in [9.17, 15) is 4.79 Å². The molecule has 25 heavy (non-hydrogen) atoms. The van der Waals surface area contributed by atoms with Gasteiger partial charge in [-0.3, -0.25) is 9.69 Å². The van der Waals surface area contributed by atoms with Crippen molar-refractivity contribution in [2.45, 2.75) is 23.8 Å². The molecule has 1 aliphatic rings. The number of hydrogen-bond acceptors (Lipinski definition) is 4. The number of pyridine rings is 1. The van der Waals surface area contributed by atoms with Crippen molar-refractivity contribution < 1.29 is 4.79 Å². The molecule has 5 heteroatoms. The van der Waals surface area contributed by atoms with E-state index < -0.39 is 0 Å². The summed E-state index contributed by atoms with van der Waals surface area (Å²) in [6, 6.07) is 13.8. The molecule has 1 aromatic heterocycles. The summed E-state index contributed by atoms with van der Waals surface area (Å²) in [5.41, 5.74) is 0.702. The first-order chi connectivity index (χ1) is 12.1. The molecule has 3 rings (SSSR count). The third-order valence-electron chi connectivity index (χ3n) is 4.24. The summed E-state index contributed by atoms with van der Waals surface area (Å²) in [5, 5.41) is 0.781. The summed E-state index contributed by atoms with van der Waals surface area (Å²) in [4.78, 5) is 22.9. The maximum Gasteiger partial charge on any atom is 0.256 e. The molecular formula is C20H25N3OS. The van der Waals surface area contributed by atoms with E-state index in [4.69, 9.17) is 0 Å². The van der Waals surface area contributed by atoms with Crippen LogP contribution in [0, 0.1) is 5.92 Å². The zero-order valence-electron chi connectivity index (χ0n) is 14.9. The Morgan fingerprint density at radius 1 is 1.08 bits per heavy atom. The predicted octanol–water partition coefficient (Wildman–Crippen LogP) is 3.65. The van der Waals surface area contributed by atoms with Crippen molar-refractivity contribution >= 4 is 17.7 Å². The van der Waals surface area contributed by atoms with E-state index in [0.717, 1.165) is 42.6 Å². The number of carbonyl (C=O) groups excluding carboxylic acids is 1. The second-order valence-electron chi connectivity index (χ2n) is 6.76. The Balaban J connectivity index is 1.69. The topological polar surface area (TPSA) is 36.4 Å². The molecule has 0 bridgehead atoms. The molecule has 132 valence electrons. The number of piperazine rings is 1. The number of nitrogens with zero attached hydrogens (tertiary/aromatic N) is 3. The second kappa shape index (κ2) is 8.50. The van der Waals surface area contributed by atoms with Gasteiger partial charge in [0.05, 0.1) is 5.56 Å². The maximum absolute atomic E-state index is 13.0. The van der Waals surface area contributed by atoms with Crippen molar-refractivity contribution in [3.8, 4) is 0 Å². The standard InChI is InChI=1S/C20H25N3OS/c1-16(2)15-22-11-13-23(14-12-22)20(24)18-9-6-10-21-19(18)25-17-7-4-3-5-8-17/h3-10,16H,11-15H2,1-2H3. The Bertz CT molecular complexity index is 697. The Labute approximate surface area is 154 Å². The van der Waals surface area contributed by atoms with Crippen molar-refractivity contribution in [2.75, 3.05) is 32.7 Å². The van der Waals surface area contributed by atoms with Crippen LogP contribution in [0.2, 0.25) is 0 Å². The zero-order chi connectivity index (χ0) is 17.6. The van der Waals surface area contributed by atoms with E-state index in [0.29, 0.717) is 11.5 Å². The van der Waals surface area contributed by atoms with Crippen molar-refractivity contribution in [1.29, 1.82) is 0 Å². The molecule has 0 atom stereocenters. The molecule has 0 spiro atoms. The summed E-state index contributed by atoms with van der Waals surface area (Å²) in [6.45, 7) is 9.05. The normalized spacial score (nSPS) is 15.6. The fourth-order valence-corrected chi connectivity index (χ4v) is 3.95. The van der Waals surface area contributed by atoms with Crippen LogP contribution < -0.4 is 0 Å². The van der Waals surface area contributed by atoms with Crippen molar-refractivity contribution in [1.82, 2.24) is 14.8 Å². The largest absolute Gasteiger partial charge is 0.336 e. The molecule has 0 radical (unpaired) electrons. The Morgan fingerprint density at radius 3 is 2.48 bits per heavy atom. The van der Waals surface area contributed by atoms with E-state index in [1.165, 1.54) is 0 Å². The number of carbonyl (C=O) groups is 1. The minimum atomic E-state index is 0.0933. The molecule has 0 N–H and O–H groups in total. The van der Waals surface area contributed by atoms with Gasteiger partial charge in [0.25, 0.3) is 5.91 Å². The molecule has 2 aromatic rings. The van der Waals surface area contributed by atoms with Gasteiger partial charge in [-0.1, -0.05) is 43.8 Å². The first-order valence-electron chi connectivity index (χ1n) is 8.83. The third kappa shape index (κ3) is 4.83. The SMILES string of the molecule is CC(C)CN1CCN(C(=O)c2cccnc2Sc2ccccc2)CC1. The smallest absolute Gasteiger partial charge is 0.256 e. The van der Waals surface area contributed by atoms with Gasteiger partial charge in [-0.05, 0) is 30.2 Å². The minimum absolute atomic E-state index is 0.0933. The molecule has 0 saturated carbocycles. The summed E-state index contributed by atoms with van der Waals surface area (Å²) in [7, 11) is 0. The van der Waals surface area contributed by atoms with Crippen LogP contribution in [0.5, 0.6) is 0 Å². The van der Waals surface area contributed by atoms with Crippen LogP contribution in [0.4, 0.5) is 0 Å². The first-order valence-corrected chi connectivity index (χ1v) is 9.64. The number of benzene rings is 1. The van der Waals surface area contributed by atoms with Crippen LogP contribution in [0.25, 0.3) is 0 Å². The van der Waals surface area contributed by atoms with Gasteiger partial charge in [0.1, 0.15) is 5.03 Å². The highest BCUT2D eigenvalue weighted by molar-refractivity contribution is 7.99. The average Bonchev–Trinajstić information content (AvgIpc) is 2.63. The monoisotopic (exact) mass is 355 g/mol. The molecule has 0 aliphatic carbocycles. The molecule has 1 aromatic carbocycles. The minimum Gasteiger partial charge on any atom is -0.336 e.